The first-order valence-electron chi connectivity index (χ1n) is 7.79. The maximum atomic E-state index is 5.96. The molecule has 1 N–H and O–H groups in total. The summed E-state index contributed by atoms with van der Waals surface area (Å²) in [7, 11) is 1.85. The lowest BCUT2D eigenvalue weighted by atomic mass is 9.71. The van der Waals surface area contributed by atoms with Gasteiger partial charge in [-0.25, -0.2) is 4.98 Å². The highest BCUT2D eigenvalue weighted by atomic mass is 32.1. The van der Waals surface area contributed by atoms with E-state index in [0.717, 1.165) is 19.4 Å². The van der Waals surface area contributed by atoms with E-state index in [1.807, 2.05) is 7.11 Å². The van der Waals surface area contributed by atoms with Crippen molar-refractivity contribution in [2.45, 2.75) is 64.0 Å². The number of hydrogen-bond donors (Lipinski definition) is 1. The number of rotatable bonds is 3. The molecule has 1 saturated carbocycles. The van der Waals surface area contributed by atoms with Crippen molar-refractivity contribution >= 4 is 11.3 Å². The van der Waals surface area contributed by atoms with Crippen LogP contribution >= 0.6 is 11.3 Å². The van der Waals surface area contributed by atoms with Crippen LogP contribution < -0.4 is 5.32 Å². The smallest absolute Gasteiger partial charge is 0.125 e. The van der Waals surface area contributed by atoms with Crippen molar-refractivity contribution in [2.75, 3.05) is 13.7 Å². The lowest BCUT2D eigenvalue weighted by molar-refractivity contribution is -0.0668. The summed E-state index contributed by atoms with van der Waals surface area (Å²) in [5.74, 6) is 0. The first kappa shape index (κ1) is 14.5. The van der Waals surface area contributed by atoms with Crippen molar-refractivity contribution in [1.82, 2.24) is 10.3 Å². The highest BCUT2D eigenvalue weighted by Crippen LogP contribution is 2.48. The van der Waals surface area contributed by atoms with E-state index in [0.29, 0.717) is 11.5 Å². The monoisotopic (exact) mass is 294 g/mol. The van der Waals surface area contributed by atoms with Gasteiger partial charge in [0, 0.05) is 12.5 Å². The highest BCUT2D eigenvalue weighted by Gasteiger charge is 2.42. The normalized spacial score (nSPS) is 28.6. The molecule has 2 aliphatic rings. The van der Waals surface area contributed by atoms with E-state index in [9.17, 15) is 0 Å². The van der Waals surface area contributed by atoms with Gasteiger partial charge in [-0.3, -0.25) is 0 Å². The van der Waals surface area contributed by atoms with Crippen LogP contribution in [0.4, 0.5) is 0 Å². The minimum Gasteiger partial charge on any atom is -0.371 e. The van der Waals surface area contributed by atoms with Crippen LogP contribution in [0.1, 0.15) is 69.1 Å². The fourth-order valence-corrected chi connectivity index (χ4v) is 4.54. The van der Waals surface area contributed by atoms with Gasteiger partial charge in [0.15, 0.2) is 0 Å². The number of nitrogens with one attached hydrogen (secondary N) is 1. The molecule has 1 aliphatic carbocycles. The Bertz CT molecular complexity index is 453. The second-order valence-corrected chi connectivity index (χ2v) is 7.95. The van der Waals surface area contributed by atoms with Crippen LogP contribution in [0.5, 0.6) is 0 Å². The van der Waals surface area contributed by atoms with E-state index in [1.54, 1.807) is 11.3 Å². The molecule has 1 atom stereocenters. The molecular weight excluding hydrogens is 268 g/mol. The highest BCUT2D eigenvalue weighted by molar-refractivity contribution is 7.09. The predicted octanol–water partition coefficient (Wildman–Crippen LogP) is 4.01. The van der Waals surface area contributed by atoms with Gasteiger partial charge < -0.3 is 10.1 Å². The topological polar surface area (TPSA) is 34.1 Å². The van der Waals surface area contributed by atoms with Crippen LogP contribution in [0.2, 0.25) is 0 Å². The molecule has 1 aliphatic heterocycles. The molecule has 0 radical (unpaired) electrons. The largest absolute Gasteiger partial charge is 0.371 e. The third-order valence-corrected chi connectivity index (χ3v) is 6.18. The molecular formula is C16H26N2OS. The zero-order chi connectivity index (χ0) is 14.2. The molecule has 2 fully saturated rings. The van der Waals surface area contributed by atoms with Crippen molar-refractivity contribution < 1.29 is 4.74 Å². The molecule has 1 aromatic rings. The zero-order valence-electron chi connectivity index (χ0n) is 12.9. The van der Waals surface area contributed by atoms with Gasteiger partial charge in [0.05, 0.1) is 11.7 Å². The standard InChI is InChI=1S/C16H26N2OS/c1-15(2)6-8-16(19-3,9-7-15)14-18-13(11-20-14)12-5-4-10-17-12/h11-12,17H,4-10H2,1-3H3/t12-/m0/s1. The summed E-state index contributed by atoms with van der Waals surface area (Å²) in [6.45, 7) is 5.85. The van der Waals surface area contributed by atoms with Crippen LogP contribution in [-0.4, -0.2) is 18.6 Å². The van der Waals surface area contributed by atoms with Crippen molar-refractivity contribution in [3.63, 3.8) is 0 Å². The van der Waals surface area contributed by atoms with Gasteiger partial charge >= 0.3 is 0 Å². The number of aromatic nitrogens is 1. The van der Waals surface area contributed by atoms with E-state index in [2.05, 4.69) is 24.5 Å². The third kappa shape index (κ3) is 2.66. The van der Waals surface area contributed by atoms with Crippen molar-refractivity contribution in [2.24, 2.45) is 5.41 Å². The molecule has 2 heterocycles. The molecule has 112 valence electrons. The maximum Gasteiger partial charge on any atom is 0.125 e. The van der Waals surface area contributed by atoms with E-state index in [1.165, 1.54) is 36.4 Å². The van der Waals surface area contributed by atoms with Gasteiger partial charge in [-0.15, -0.1) is 11.3 Å². The number of ether oxygens (including phenoxy) is 1. The Morgan fingerprint density at radius 1 is 1.30 bits per heavy atom. The summed E-state index contributed by atoms with van der Waals surface area (Å²) in [4.78, 5) is 4.94. The van der Waals surface area contributed by atoms with Gasteiger partial charge in [-0.1, -0.05) is 13.8 Å². The Labute approximate surface area is 126 Å². The summed E-state index contributed by atoms with van der Waals surface area (Å²) in [6.07, 6.45) is 7.12. The number of methoxy groups -OCH3 is 1. The van der Waals surface area contributed by atoms with Crippen LogP contribution in [0.15, 0.2) is 5.38 Å². The van der Waals surface area contributed by atoms with Crippen molar-refractivity contribution in [3.8, 4) is 0 Å². The van der Waals surface area contributed by atoms with Gasteiger partial charge in [0.25, 0.3) is 0 Å². The van der Waals surface area contributed by atoms with Crippen LogP contribution in [0, 0.1) is 5.41 Å². The molecule has 0 unspecified atom stereocenters. The number of nitrogens with zero attached hydrogens (tertiary/aromatic N) is 1. The Morgan fingerprint density at radius 3 is 2.65 bits per heavy atom. The summed E-state index contributed by atoms with van der Waals surface area (Å²) >= 11 is 1.79. The first-order chi connectivity index (χ1) is 9.55. The summed E-state index contributed by atoms with van der Waals surface area (Å²) in [6, 6.07) is 0.467. The minimum atomic E-state index is -0.128. The fraction of sp³-hybridized carbons (Fsp3) is 0.812. The van der Waals surface area contributed by atoms with E-state index in [4.69, 9.17) is 9.72 Å². The van der Waals surface area contributed by atoms with Crippen LogP contribution in [0.25, 0.3) is 0 Å². The molecule has 1 saturated heterocycles. The van der Waals surface area contributed by atoms with E-state index >= 15 is 0 Å². The molecule has 4 heteroatoms. The lowest BCUT2D eigenvalue weighted by Gasteiger charge is -2.41. The summed E-state index contributed by atoms with van der Waals surface area (Å²) in [5, 5.41) is 6.96. The molecule has 0 bridgehead atoms. The molecule has 3 nitrogen and oxygen atoms in total. The van der Waals surface area contributed by atoms with Crippen LogP contribution in [0.3, 0.4) is 0 Å². The molecule has 1 aromatic heterocycles. The van der Waals surface area contributed by atoms with Gasteiger partial charge in [-0.05, 0) is 50.5 Å². The van der Waals surface area contributed by atoms with Gasteiger partial charge in [-0.2, -0.15) is 0 Å². The van der Waals surface area contributed by atoms with Gasteiger partial charge in [0.1, 0.15) is 10.6 Å². The third-order valence-electron chi connectivity index (χ3n) is 5.13. The Hall–Kier alpha value is -0.450. The minimum absolute atomic E-state index is 0.128. The molecule has 20 heavy (non-hydrogen) atoms. The summed E-state index contributed by atoms with van der Waals surface area (Å²) < 4.78 is 5.96. The Morgan fingerprint density at radius 2 is 2.05 bits per heavy atom. The zero-order valence-corrected chi connectivity index (χ0v) is 13.7. The van der Waals surface area contributed by atoms with E-state index in [-0.39, 0.29) is 5.60 Å². The maximum absolute atomic E-state index is 5.96. The Kier molecular flexibility index (Phi) is 3.91. The summed E-state index contributed by atoms with van der Waals surface area (Å²) in [5.41, 5.74) is 1.55. The number of hydrogen-bond acceptors (Lipinski definition) is 4. The number of thiazole rings is 1. The Balaban J connectivity index is 1.79. The molecule has 3 rings (SSSR count). The fourth-order valence-electron chi connectivity index (χ4n) is 3.43. The van der Waals surface area contributed by atoms with Crippen LogP contribution in [-0.2, 0) is 10.3 Å². The van der Waals surface area contributed by atoms with Gasteiger partial charge in [0.2, 0.25) is 0 Å². The average Bonchev–Trinajstić information content (AvgIpc) is 3.10. The second kappa shape index (κ2) is 5.39. The molecule has 0 aromatic carbocycles. The average molecular weight is 294 g/mol. The SMILES string of the molecule is COC1(c2nc([C@@H]3CCCN3)cs2)CCC(C)(C)CC1. The molecule has 0 amide bonds. The molecule has 0 spiro atoms. The van der Waals surface area contributed by atoms with Crippen molar-refractivity contribution in [3.05, 3.63) is 16.1 Å². The lowest BCUT2D eigenvalue weighted by Crippen LogP contribution is -2.36. The quantitative estimate of drug-likeness (QED) is 0.914. The second-order valence-electron chi connectivity index (χ2n) is 7.09. The predicted molar refractivity (Wildman–Crippen MR) is 83.0 cm³/mol. The van der Waals surface area contributed by atoms with Crippen molar-refractivity contribution in [1.29, 1.82) is 0 Å². The van der Waals surface area contributed by atoms with E-state index < -0.39 is 0 Å². The first-order valence-corrected chi connectivity index (χ1v) is 8.67.